The van der Waals surface area contributed by atoms with Crippen LogP contribution < -0.4 is 14.5 Å². The minimum atomic E-state index is -0.0237. The van der Waals surface area contributed by atoms with Crippen molar-refractivity contribution in [2.24, 2.45) is 0 Å². The maximum atomic E-state index is 12.5. The van der Waals surface area contributed by atoms with E-state index in [1.165, 1.54) is 17.5 Å². The molecular weight excluding hydrogens is 400 g/mol. The number of hydrogen-bond donors (Lipinski definition) is 0. The van der Waals surface area contributed by atoms with Gasteiger partial charge in [-0.15, -0.1) is 10.2 Å². The van der Waals surface area contributed by atoms with Crippen LogP contribution in [0.1, 0.15) is 12.8 Å². The van der Waals surface area contributed by atoms with E-state index in [1.54, 1.807) is 17.4 Å². The van der Waals surface area contributed by atoms with Crippen LogP contribution in [-0.4, -0.2) is 71.9 Å². The van der Waals surface area contributed by atoms with Crippen molar-refractivity contribution in [3.05, 3.63) is 36.4 Å². The molecule has 0 aliphatic carbocycles. The van der Waals surface area contributed by atoms with Gasteiger partial charge >= 0.3 is 0 Å². The maximum absolute atomic E-state index is 12.5. The van der Waals surface area contributed by atoms with Gasteiger partial charge in [-0.1, -0.05) is 23.5 Å². The molecule has 2 saturated heterocycles. The predicted octanol–water partition coefficient (Wildman–Crippen LogP) is 2.41. The molecule has 30 heavy (non-hydrogen) atoms. The summed E-state index contributed by atoms with van der Waals surface area (Å²) in [6, 6.07) is 11.9. The van der Waals surface area contributed by atoms with Gasteiger partial charge in [0.25, 0.3) is 5.91 Å². The Bertz CT molecular complexity index is 977. The highest BCUT2D eigenvalue weighted by molar-refractivity contribution is 7.22. The maximum Gasteiger partial charge on any atom is 0.260 e. The quantitative estimate of drug-likeness (QED) is 0.623. The number of thiazole rings is 1. The van der Waals surface area contributed by atoms with Crippen LogP contribution in [0.2, 0.25) is 0 Å². The summed E-state index contributed by atoms with van der Waals surface area (Å²) in [5, 5.41) is 9.36. The van der Waals surface area contributed by atoms with Gasteiger partial charge in [0.1, 0.15) is 0 Å². The van der Waals surface area contributed by atoms with Crippen LogP contribution in [0.5, 0.6) is 5.88 Å². The molecule has 4 heterocycles. The first-order chi connectivity index (χ1) is 14.8. The zero-order chi connectivity index (χ0) is 20.3. The number of benzene rings is 1. The zero-order valence-electron chi connectivity index (χ0n) is 16.7. The molecule has 3 aromatic rings. The highest BCUT2D eigenvalue weighted by Crippen LogP contribution is 2.29. The highest BCUT2D eigenvalue weighted by atomic mass is 32.1. The smallest absolute Gasteiger partial charge is 0.260 e. The van der Waals surface area contributed by atoms with Crippen molar-refractivity contribution < 1.29 is 9.53 Å². The molecule has 1 aromatic carbocycles. The lowest BCUT2D eigenvalue weighted by atomic mass is 10.3. The molecule has 1 amide bonds. The number of hydrogen-bond acceptors (Lipinski definition) is 8. The van der Waals surface area contributed by atoms with Crippen molar-refractivity contribution in [1.82, 2.24) is 20.1 Å². The second-order valence-electron chi connectivity index (χ2n) is 7.54. The van der Waals surface area contributed by atoms with E-state index in [0.29, 0.717) is 19.0 Å². The van der Waals surface area contributed by atoms with E-state index in [0.717, 1.165) is 42.6 Å². The Morgan fingerprint density at radius 2 is 1.73 bits per heavy atom. The topological polar surface area (TPSA) is 74.7 Å². The molecule has 5 rings (SSSR count). The van der Waals surface area contributed by atoms with Crippen LogP contribution in [0, 0.1) is 0 Å². The van der Waals surface area contributed by atoms with Gasteiger partial charge in [0.05, 0.1) is 10.2 Å². The largest absolute Gasteiger partial charge is 0.466 e. The fraction of sp³-hybridized carbons (Fsp3) is 0.429. The van der Waals surface area contributed by atoms with Crippen LogP contribution >= 0.6 is 11.3 Å². The van der Waals surface area contributed by atoms with Crippen molar-refractivity contribution in [1.29, 1.82) is 0 Å². The van der Waals surface area contributed by atoms with Gasteiger partial charge in [-0.05, 0) is 31.0 Å². The number of nitrogens with zero attached hydrogens (tertiary/aromatic N) is 6. The summed E-state index contributed by atoms with van der Waals surface area (Å²) in [4.78, 5) is 23.6. The van der Waals surface area contributed by atoms with Crippen LogP contribution in [-0.2, 0) is 4.79 Å². The lowest BCUT2D eigenvalue weighted by Crippen LogP contribution is -2.50. The van der Waals surface area contributed by atoms with E-state index in [9.17, 15) is 4.79 Å². The Labute approximate surface area is 179 Å². The molecule has 0 N–H and O–H groups in total. The fourth-order valence-corrected chi connectivity index (χ4v) is 4.89. The van der Waals surface area contributed by atoms with Gasteiger partial charge < -0.3 is 19.4 Å². The third kappa shape index (κ3) is 4.02. The number of amides is 1. The molecule has 156 valence electrons. The Kier molecular flexibility index (Phi) is 5.35. The molecule has 9 heteroatoms. The predicted molar refractivity (Wildman–Crippen MR) is 117 cm³/mol. The number of aromatic nitrogens is 3. The van der Waals surface area contributed by atoms with E-state index in [2.05, 4.69) is 26.1 Å². The Morgan fingerprint density at radius 1 is 0.933 bits per heavy atom. The van der Waals surface area contributed by atoms with Crippen molar-refractivity contribution in [3.63, 3.8) is 0 Å². The molecule has 2 aliphatic heterocycles. The molecule has 2 aromatic heterocycles. The SMILES string of the molecule is O=C(COc1ccc(N2CCCC2)nn1)N1CCN(c2nc3ccccc3s2)CC1. The third-order valence-electron chi connectivity index (χ3n) is 5.59. The first-order valence-corrected chi connectivity index (χ1v) is 11.2. The number of para-hydroxylation sites is 1. The third-order valence-corrected chi connectivity index (χ3v) is 6.68. The van der Waals surface area contributed by atoms with Crippen LogP contribution in [0.15, 0.2) is 36.4 Å². The average Bonchev–Trinajstić information content (AvgIpc) is 3.48. The van der Waals surface area contributed by atoms with Crippen molar-refractivity contribution in [2.75, 3.05) is 55.7 Å². The zero-order valence-corrected chi connectivity index (χ0v) is 17.6. The van der Waals surface area contributed by atoms with Gasteiger partial charge in [-0.25, -0.2) is 4.98 Å². The summed E-state index contributed by atoms with van der Waals surface area (Å²) in [5.41, 5.74) is 1.03. The molecule has 0 atom stereocenters. The number of fused-ring (bicyclic) bond motifs is 1. The summed E-state index contributed by atoms with van der Waals surface area (Å²) in [6.07, 6.45) is 2.39. The number of piperazine rings is 1. The number of carbonyl (C=O) groups is 1. The number of ether oxygens (including phenoxy) is 1. The first kappa shape index (κ1) is 19.0. The second-order valence-corrected chi connectivity index (χ2v) is 8.55. The van der Waals surface area contributed by atoms with Gasteiger partial charge in [-0.3, -0.25) is 4.79 Å². The Morgan fingerprint density at radius 3 is 2.47 bits per heavy atom. The van der Waals surface area contributed by atoms with E-state index in [4.69, 9.17) is 9.72 Å². The lowest BCUT2D eigenvalue weighted by molar-refractivity contribution is -0.133. The number of rotatable bonds is 5. The average molecular weight is 425 g/mol. The van der Waals surface area contributed by atoms with E-state index >= 15 is 0 Å². The summed E-state index contributed by atoms with van der Waals surface area (Å²) < 4.78 is 6.77. The highest BCUT2D eigenvalue weighted by Gasteiger charge is 2.23. The summed E-state index contributed by atoms with van der Waals surface area (Å²) in [7, 11) is 0. The molecular formula is C21H24N6O2S. The van der Waals surface area contributed by atoms with Crippen molar-refractivity contribution in [3.8, 4) is 5.88 Å². The Hall–Kier alpha value is -2.94. The van der Waals surface area contributed by atoms with Crippen LogP contribution in [0.25, 0.3) is 10.2 Å². The fourth-order valence-electron chi connectivity index (χ4n) is 3.87. The number of carbonyl (C=O) groups excluding carboxylic acids is 1. The monoisotopic (exact) mass is 424 g/mol. The standard InChI is InChI=1S/C21H24N6O2S/c28-20(15-29-19-8-7-18(23-24-19)25-9-3-4-10-25)26-11-13-27(14-12-26)21-22-16-5-1-2-6-17(16)30-21/h1-2,5-8H,3-4,9-15H2. The molecule has 2 aliphatic rings. The lowest BCUT2D eigenvalue weighted by Gasteiger charge is -2.34. The van der Waals surface area contributed by atoms with Gasteiger partial charge in [0, 0.05) is 45.3 Å². The van der Waals surface area contributed by atoms with E-state index in [-0.39, 0.29) is 12.5 Å². The normalized spacial score (nSPS) is 17.0. The molecule has 0 spiro atoms. The Balaban J connectivity index is 1.11. The summed E-state index contributed by atoms with van der Waals surface area (Å²) >= 11 is 1.70. The summed E-state index contributed by atoms with van der Waals surface area (Å²) in [5.74, 6) is 1.24. The number of anilines is 2. The molecule has 2 fully saturated rings. The molecule has 0 bridgehead atoms. The van der Waals surface area contributed by atoms with Crippen LogP contribution in [0.4, 0.5) is 10.9 Å². The molecule has 0 saturated carbocycles. The van der Waals surface area contributed by atoms with Gasteiger partial charge in [0.2, 0.25) is 5.88 Å². The van der Waals surface area contributed by atoms with E-state index < -0.39 is 0 Å². The van der Waals surface area contributed by atoms with Gasteiger partial charge in [0.15, 0.2) is 17.6 Å². The minimum Gasteiger partial charge on any atom is -0.466 e. The van der Waals surface area contributed by atoms with Crippen LogP contribution in [0.3, 0.4) is 0 Å². The molecule has 0 unspecified atom stereocenters. The van der Waals surface area contributed by atoms with Crippen molar-refractivity contribution in [2.45, 2.75) is 12.8 Å². The minimum absolute atomic E-state index is 0.0150. The van der Waals surface area contributed by atoms with Gasteiger partial charge in [-0.2, -0.15) is 0 Å². The first-order valence-electron chi connectivity index (χ1n) is 10.4. The summed E-state index contributed by atoms with van der Waals surface area (Å²) in [6.45, 7) is 4.91. The molecule has 8 nitrogen and oxygen atoms in total. The molecule has 0 radical (unpaired) electrons. The van der Waals surface area contributed by atoms with E-state index in [1.807, 2.05) is 29.2 Å². The second kappa shape index (κ2) is 8.43. The van der Waals surface area contributed by atoms with Crippen molar-refractivity contribution >= 4 is 38.4 Å².